The Morgan fingerprint density at radius 1 is 1.28 bits per heavy atom. The second-order valence-corrected chi connectivity index (χ2v) is 3.80. The van der Waals surface area contributed by atoms with Gasteiger partial charge in [-0.25, -0.2) is 4.79 Å². The van der Waals surface area contributed by atoms with Crippen LogP contribution in [0, 0.1) is 0 Å². The Balaban J connectivity index is 1.92. The summed E-state index contributed by atoms with van der Waals surface area (Å²) in [5.41, 5.74) is 0.638. The van der Waals surface area contributed by atoms with E-state index >= 15 is 0 Å². The zero-order valence-corrected chi connectivity index (χ0v) is 9.59. The summed E-state index contributed by atoms with van der Waals surface area (Å²) >= 11 is 0. The molecule has 1 fully saturated rings. The predicted molar refractivity (Wildman–Crippen MR) is 61.7 cm³/mol. The average Bonchev–Trinajstić information content (AvgIpc) is 2.70. The number of carbonyl (C=O) groups excluding carboxylic acids is 2. The number of aliphatic hydroxyl groups is 1. The van der Waals surface area contributed by atoms with Gasteiger partial charge < -0.3 is 14.6 Å². The van der Waals surface area contributed by atoms with Gasteiger partial charge in [-0.3, -0.25) is 4.79 Å². The third-order valence-electron chi connectivity index (χ3n) is 2.46. The Kier molecular flexibility index (Phi) is 3.74. The molecule has 5 heteroatoms. The highest BCUT2D eigenvalue weighted by Crippen LogP contribution is 2.14. The van der Waals surface area contributed by atoms with Crippen LogP contribution in [-0.4, -0.2) is 30.1 Å². The standard InChI is InChI=1S/C13H12O5/c14-10(12-11(15)8-18-13(12)16)7-17-6-9-4-2-1-3-5-9/h1-5,14H,6-8H2/b12-10+. The first-order chi connectivity index (χ1) is 8.68. The molecular formula is C13H12O5. The molecule has 0 radical (unpaired) electrons. The van der Waals surface area contributed by atoms with E-state index in [9.17, 15) is 14.7 Å². The normalized spacial score (nSPS) is 17.8. The largest absolute Gasteiger partial charge is 0.509 e. The minimum Gasteiger partial charge on any atom is -0.509 e. The van der Waals surface area contributed by atoms with Crippen LogP contribution in [0.4, 0.5) is 0 Å². The molecule has 1 aromatic carbocycles. The van der Waals surface area contributed by atoms with E-state index in [4.69, 9.17) is 4.74 Å². The van der Waals surface area contributed by atoms with E-state index in [1.807, 2.05) is 30.3 Å². The van der Waals surface area contributed by atoms with Gasteiger partial charge in [-0.2, -0.15) is 0 Å². The topological polar surface area (TPSA) is 72.8 Å². The number of carbonyl (C=O) groups is 2. The smallest absolute Gasteiger partial charge is 0.345 e. The molecule has 1 saturated heterocycles. The number of hydrogen-bond acceptors (Lipinski definition) is 5. The number of aliphatic hydroxyl groups excluding tert-OH is 1. The quantitative estimate of drug-likeness (QED) is 0.374. The second kappa shape index (κ2) is 5.46. The lowest BCUT2D eigenvalue weighted by atomic mass is 10.2. The lowest BCUT2D eigenvalue weighted by molar-refractivity contribution is -0.135. The number of ether oxygens (including phenoxy) is 2. The SMILES string of the molecule is O=C1COC(=O)/C1=C(/O)COCc1ccccc1. The van der Waals surface area contributed by atoms with Gasteiger partial charge in [0.15, 0.2) is 6.61 Å². The fourth-order valence-electron chi connectivity index (χ4n) is 1.58. The molecule has 18 heavy (non-hydrogen) atoms. The van der Waals surface area contributed by atoms with Crippen LogP contribution < -0.4 is 0 Å². The molecule has 0 aliphatic carbocycles. The van der Waals surface area contributed by atoms with Crippen molar-refractivity contribution in [1.82, 2.24) is 0 Å². The molecule has 5 nitrogen and oxygen atoms in total. The van der Waals surface area contributed by atoms with Crippen molar-refractivity contribution in [3.8, 4) is 0 Å². The third kappa shape index (κ3) is 2.75. The molecule has 94 valence electrons. The number of benzene rings is 1. The van der Waals surface area contributed by atoms with E-state index in [0.717, 1.165) is 5.56 Å². The minimum atomic E-state index is -0.791. The van der Waals surface area contributed by atoms with E-state index < -0.39 is 11.8 Å². The molecule has 1 N–H and O–H groups in total. The summed E-state index contributed by atoms with van der Waals surface area (Å²) in [5, 5.41) is 9.60. The van der Waals surface area contributed by atoms with Gasteiger partial charge in [0.1, 0.15) is 17.9 Å². The van der Waals surface area contributed by atoms with Crippen molar-refractivity contribution in [1.29, 1.82) is 0 Å². The molecule has 2 rings (SSSR count). The van der Waals surface area contributed by atoms with Crippen LogP contribution >= 0.6 is 0 Å². The zero-order valence-electron chi connectivity index (χ0n) is 9.59. The molecular weight excluding hydrogens is 236 g/mol. The molecule has 0 saturated carbocycles. The van der Waals surface area contributed by atoms with Crippen LogP contribution in [0.1, 0.15) is 5.56 Å². The van der Waals surface area contributed by atoms with Crippen molar-refractivity contribution in [2.45, 2.75) is 6.61 Å². The Hall–Kier alpha value is -2.14. The van der Waals surface area contributed by atoms with Crippen LogP contribution in [0.15, 0.2) is 41.7 Å². The minimum absolute atomic E-state index is 0.189. The number of ketones is 1. The van der Waals surface area contributed by atoms with Crippen LogP contribution in [0.3, 0.4) is 0 Å². The summed E-state index contributed by atoms with van der Waals surface area (Å²) in [6.07, 6.45) is 0. The average molecular weight is 248 g/mol. The van der Waals surface area contributed by atoms with E-state index in [1.165, 1.54) is 0 Å². The fraction of sp³-hybridized carbons (Fsp3) is 0.231. The van der Waals surface area contributed by atoms with Gasteiger partial charge >= 0.3 is 5.97 Å². The molecule has 0 bridgehead atoms. The van der Waals surface area contributed by atoms with E-state index in [2.05, 4.69) is 4.74 Å². The Bertz CT molecular complexity index is 471. The number of esters is 1. The highest BCUT2D eigenvalue weighted by molar-refractivity contribution is 6.22. The van der Waals surface area contributed by atoms with E-state index in [1.54, 1.807) is 0 Å². The molecule has 1 aliphatic rings. The summed E-state index contributed by atoms with van der Waals surface area (Å²) in [7, 11) is 0. The lowest BCUT2D eigenvalue weighted by Gasteiger charge is -2.04. The van der Waals surface area contributed by atoms with Gasteiger partial charge in [0, 0.05) is 0 Å². The summed E-state index contributed by atoms with van der Waals surface area (Å²) < 4.78 is 9.72. The molecule has 0 aromatic heterocycles. The molecule has 0 atom stereocenters. The molecule has 1 aliphatic heterocycles. The first kappa shape index (κ1) is 12.3. The van der Waals surface area contributed by atoms with E-state index in [0.29, 0.717) is 6.61 Å². The highest BCUT2D eigenvalue weighted by atomic mass is 16.5. The van der Waals surface area contributed by atoms with Gasteiger partial charge in [0.25, 0.3) is 0 Å². The molecule has 0 amide bonds. The molecule has 0 unspecified atom stereocenters. The monoisotopic (exact) mass is 248 g/mol. The van der Waals surface area contributed by atoms with Crippen molar-refractivity contribution >= 4 is 11.8 Å². The van der Waals surface area contributed by atoms with Crippen molar-refractivity contribution < 1.29 is 24.2 Å². The lowest BCUT2D eigenvalue weighted by Crippen LogP contribution is -2.10. The first-order valence-corrected chi connectivity index (χ1v) is 5.42. The van der Waals surface area contributed by atoms with Crippen molar-refractivity contribution in [2.75, 3.05) is 13.2 Å². The highest BCUT2D eigenvalue weighted by Gasteiger charge is 2.31. The van der Waals surface area contributed by atoms with Crippen LogP contribution in [0.25, 0.3) is 0 Å². The number of hydrogen-bond donors (Lipinski definition) is 1. The fourth-order valence-corrected chi connectivity index (χ4v) is 1.58. The Morgan fingerprint density at radius 3 is 2.61 bits per heavy atom. The van der Waals surface area contributed by atoms with Gasteiger partial charge in [-0.1, -0.05) is 30.3 Å². The maximum Gasteiger partial charge on any atom is 0.345 e. The van der Waals surface area contributed by atoms with Gasteiger partial charge in [0.2, 0.25) is 5.78 Å². The Morgan fingerprint density at radius 2 is 2.00 bits per heavy atom. The van der Waals surface area contributed by atoms with Crippen molar-refractivity contribution in [3.63, 3.8) is 0 Å². The van der Waals surface area contributed by atoms with E-state index in [-0.39, 0.29) is 24.5 Å². The summed E-state index contributed by atoms with van der Waals surface area (Å²) in [6.45, 7) is -0.205. The van der Waals surface area contributed by atoms with Gasteiger partial charge in [-0.15, -0.1) is 0 Å². The van der Waals surface area contributed by atoms with Gasteiger partial charge in [-0.05, 0) is 5.56 Å². The Labute approximate surface area is 104 Å². The zero-order chi connectivity index (χ0) is 13.0. The maximum atomic E-state index is 11.2. The number of Topliss-reactive ketones (excluding diaryl/α,β-unsaturated/α-hetero) is 1. The van der Waals surface area contributed by atoms with Crippen LogP contribution in [-0.2, 0) is 25.7 Å². The second-order valence-electron chi connectivity index (χ2n) is 3.80. The molecule has 1 aromatic rings. The van der Waals surface area contributed by atoms with Crippen LogP contribution in [0.5, 0.6) is 0 Å². The summed E-state index contributed by atoms with van der Waals surface area (Å²) in [4.78, 5) is 22.4. The van der Waals surface area contributed by atoms with Crippen molar-refractivity contribution in [3.05, 3.63) is 47.2 Å². The van der Waals surface area contributed by atoms with Gasteiger partial charge in [0.05, 0.1) is 6.61 Å². The van der Waals surface area contributed by atoms with Crippen molar-refractivity contribution in [2.24, 2.45) is 0 Å². The summed E-state index contributed by atoms with van der Waals surface area (Å²) in [5.74, 6) is -1.68. The number of cyclic esters (lactones) is 1. The first-order valence-electron chi connectivity index (χ1n) is 5.42. The predicted octanol–water partition coefficient (Wildman–Crippen LogP) is 1.14. The van der Waals surface area contributed by atoms with Crippen LogP contribution in [0.2, 0.25) is 0 Å². The number of rotatable bonds is 4. The third-order valence-corrected chi connectivity index (χ3v) is 2.46. The maximum absolute atomic E-state index is 11.2. The molecule has 0 spiro atoms. The summed E-state index contributed by atoms with van der Waals surface area (Å²) in [6, 6.07) is 9.37. The molecule has 1 heterocycles.